The lowest BCUT2D eigenvalue weighted by Crippen LogP contribution is -2.21. The average molecular weight is 261 g/mol. The highest BCUT2D eigenvalue weighted by molar-refractivity contribution is 6.01. The summed E-state index contributed by atoms with van der Waals surface area (Å²) in [6.45, 7) is 0.946. The van der Waals surface area contributed by atoms with Crippen LogP contribution in [0.2, 0.25) is 0 Å². The Morgan fingerprint density at radius 1 is 1.32 bits per heavy atom. The van der Waals surface area contributed by atoms with E-state index in [1.807, 2.05) is 12.1 Å². The maximum absolute atomic E-state index is 11.7. The molecule has 0 atom stereocenters. The molecule has 1 fully saturated rings. The van der Waals surface area contributed by atoms with Gasteiger partial charge in [-0.1, -0.05) is 25.3 Å². The van der Waals surface area contributed by atoms with Crippen LogP contribution in [0.4, 0.5) is 11.4 Å². The molecule has 2 rings (SSSR count). The quantitative estimate of drug-likeness (QED) is 0.730. The molecule has 0 spiro atoms. The van der Waals surface area contributed by atoms with Gasteiger partial charge in [-0.05, 0) is 30.9 Å². The van der Waals surface area contributed by atoms with Gasteiger partial charge < -0.3 is 16.4 Å². The van der Waals surface area contributed by atoms with Crippen molar-refractivity contribution in [2.75, 3.05) is 24.6 Å². The lowest BCUT2D eigenvalue weighted by molar-refractivity contribution is 0.0964. The summed E-state index contributed by atoms with van der Waals surface area (Å²) in [7, 11) is 1.61. The first-order valence-corrected chi connectivity index (χ1v) is 7.07. The summed E-state index contributed by atoms with van der Waals surface area (Å²) in [6.07, 6.45) is 6.62. The fourth-order valence-electron chi connectivity index (χ4n) is 2.70. The SMILES string of the molecule is CNC(=O)c1cccc(NCC2CCCCC2)c1N. The molecule has 1 aromatic rings. The van der Waals surface area contributed by atoms with Gasteiger partial charge in [-0.3, -0.25) is 4.79 Å². The van der Waals surface area contributed by atoms with E-state index in [9.17, 15) is 4.79 Å². The summed E-state index contributed by atoms with van der Waals surface area (Å²) in [4.78, 5) is 11.7. The summed E-state index contributed by atoms with van der Waals surface area (Å²) >= 11 is 0. The van der Waals surface area contributed by atoms with Crippen LogP contribution in [-0.4, -0.2) is 19.5 Å². The normalized spacial score (nSPS) is 16.1. The smallest absolute Gasteiger partial charge is 0.253 e. The van der Waals surface area contributed by atoms with Gasteiger partial charge in [-0.2, -0.15) is 0 Å². The second-order valence-electron chi connectivity index (χ2n) is 5.23. The fraction of sp³-hybridized carbons (Fsp3) is 0.533. The second-order valence-corrected chi connectivity index (χ2v) is 5.23. The van der Waals surface area contributed by atoms with Crippen LogP contribution in [0.25, 0.3) is 0 Å². The molecule has 1 aliphatic rings. The lowest BCUT2D eigenvalue weighted by atomic mass is 9.89. The van der Waals surface area contributed by atoms with Crippen molar-refractivity contribution in [2.45, 2.75) is 32.1 Å². The van der Waals surface area contributed by atoms with Gasteiger partial charge in [-0.15, -0.1) is 0 Å². The minimum atomic E-state index is -0.140. The van der Waals surface area contributed by atoms with Crippen LogP contribution in [-0.2, 0) is 0 Å². The van der Waals surface area contributed by atoms with Gasteiger partial charge in [0.1, 0.15) is 0 Å². The molecule has 0 bridgehead atoms. The Morgan fingerprint density at radius 3 is 2.74 bits per heavy atom. The number of amides is 1. The van der Waals surface area contributed by atoms with Crippen molar-refractivity contribution in [1.82, 2.24) is 5.32 Å². The van der Waals surface area contributed by atoms with Crippen molar-refractivity contribution in [3.63, 3.8) is 0 Å². The number of rotatable bonds is 4. The second kappa shape index (κ2) is 6.45. The summed E-state index contributed by atoms with van der Waals surface area (Å²) in [6, 6.07) is 5.55. The van der Waals surface area contributed by atoms with Crippen LogP contribution in [0.3, 0.4) is 0 Å². The van der Waals surface area contributed by atoms with Crippen LogP contribution < -0.4 is 16.4 Å². The van der Waals surface area contributed by atoms with E-state index in [1.54, 1.807) is 13.1 Å². The number of carbonyl (C=O) groups excluding carboxylic acids is 1. The summed E-state index contributed by atoms with van der Waals surface area (Å²) in [5.74, 6) is 0.593. The van der Waals surface area contributed by atoms with Gasteiger partial charge in [0.25, 0.3) is 5.91 Å². The minimum absolute atomic E-state index is 0.140. The van der Waals surface area contributed by atoms with Crippen LogP contribution in [0.15, 0.2) is 18.2 Å². The van der Waals surface area contributed by atoms with Crippen LogP contribution in [0.1, 0.15) is 42.5 Å². The number of hydrogen-bond donors (Lipinski definition) is 3. The Kier molecular flexibility index (Phi) is 4.66. The van der Waals surface area contributed by atoms with Crippen molar-refractivity contribution >= 4 is 17.3 Å². The van der Waals surface area contributed by atoms with Crippen LogP contribution >= 0.6 is 0 Å². The molecule has 4 heteroatoms. The third-order valence-electron chi connectivity index (χ3n) is 3.88. The van der Waals surface area contributed by atoms with E-state index in [1.165, 1.54) is 32.1 Å². The maximum atomic E-state index is 11.7. The average Bonchev–Trinajstić information content (AvgIpc) is 2.46. The Balaban J connectivity index is 2.01. The lowest BCUT2D eigenvalue weighted by Gasteiger charge is -2.23. The number of para-hydroxylation sites is 1. The number of benzene rings is 1. The highest BCUT2D eigenvalue weighted by Crippen LogP contribution is 2.26. The van der Waals surface area contributed by atoms with E-state index < -0.39 is 0 Å². The number of anilines is 2. The molecule has 104 valence electrons. The van der Waals surface area contributed by atoms with Crippen molar-refractivity contribution < 1.29 is 4.79 Å². The Bertz CT molecular complexity index is 439. The first-order chi connectivity index (χ1) is 9.22. The van der Waals surface area contributed by atoms with Crippen molar-refractivity contribution in [3.8, 4) is 0 Å². The van der Waals surface area contributed by atoms with Gasteiger partial charge in [0.05, 0.1) is 16.9 Å². The zero-order chi connectivity index (χ0) is 13.7. The standard InChI is InChI=1S/C15H23N3O/c1-17-15(19)12-8-5-9-13(14(12)16)18-10-11-6-3-2-4-7-11/h5,8-9,11,18H,2-4,6-7,10,16H2,1H3,(H,17,19). The number of carbonyl (C=O) groups is 1. The Hall–Kier alpha value is -1.71. The maximum Gasteiger partial charge on any atom is 0.253 e. The molecular weight excluding hydrogens is 238 g/mol. The van der Waals surface area contributed by atoms with E-state index in [0.29, 0.717) is 11.3 Å². The van der Waals surface area contributed by atoms with E-state index in [2.05, 4.69) is 10.6 Å². The molecule has 0 unspecified atom stereocenters. The molecule has 0 aromatic heterocycles. The number of nitrogens with two attached hydrogens (primary N) is 1. The Morgan fingerprint density at radius 2 is 2.05 bits per heavy atom. The number of hydrogen-bond acceptors (Lipinski definition) is 3. The van der Waals surface area contributed by atoms with Gasteiger partial charge in [0, 0.05) is 13.6 Å². The zero-order valence-electron chi connectivity index (χ0n) is 11.5. The van der Waals surface area contributed by atoms with E-state index >= 15 is 0 Å². The predicted octanol–water partition coefficient (Wildman–Crippen LogP) is 2.62. The Labute approximate surface area is 114 Å². The highest BCUT2D eigenvalue weighted by atomic mass is 16.1. The van der Waals surface area contributed by atoms with Gasteiger partial charge >= 0.3 is 0 Å². The van der Waals surface area contributed by atoms with Gasteiger partial charge in [0.15, 0.2) is 0 Å². The molecule has 0 heterocycles. The topological polar surface area (TPSA) is 67.2 Å². The molecule has 0 radical (unpaired) electrons. The van der Waals surface area contributed by atoms with Gasteiger partial charge in [-0.25, -0.2) is 0 Å². The molecule has 1 aliphatic carbocycles. The monoisotopic (exact) mass is 261 g/mol. The van der Waals surface area contributed by atoms with Crippen LogP contribution in [0.5, 0.6) is 0 Å². The molecule has 0 saturated heterocycles. The largest absolute Gasteiger partial charge is 0.396 e. The number of nitrogen functional groups attached to an aromatic ring is 1. The van der Waals surface area contributed by atoms with E-state index in [4.69, 9.17) is 5.73 Å². The van der Waals surface area contributed by atoms with Crippen LogP contribution in [0, 0.1) is 5.92 Å². The molecule has 1 saturated carbocycles. The minimum Gasteiger partial charge on any atom is -0.396 e. The van der Waals surface area contributed by atoms with Gasteiger partial charge in [0.2, 0.25) is 0 Å². The summed E-state index contributed by atoms with van der Waals surface area (Å²) < 4.78 is 0. The number of nitrogens with one attached hydrogen (secondary N) is 2. The molecule has 4 N–H and O–H groups in total. The molecule has 0 aliphatic heterocycles. The third kappa shape index (κ3) is 3.40. The van der Waals surface area contributed by atoms with E-state index in [0.717, 1.165) is 18.2 Å². The molecular formula is C15H23N3O. The molecule has 1 amide bonds. The first kappa shape index (κ1) is 13.7. The molecule has 1 aromatic carbocycles. The third-order valence-corrected chi connectivity index (χ3v) is 3.88. The van der Waals surface area contributed by atoms with Crippen molar-refractivity contribution in [1.29, 1.82) is 0 Å². The van der Waals surface area contributed by atoms with E-state index in [-0.39, 0.29) is 5.91 Å². The zero-order valence-corrected chi connectivity index (χ0v) is 11.5. The van der Waals surface area contributed by atoms with Crippen molar-refractivity contribution in [3.05, 3.63) is 23.8 Å². The first-order valence-electron chi connectivity index (χ1n) is 7.07. The summed E-state index contributed by atoms with van der Waals surface area (Å²) in [5.41, 5.74) is 8.00. The van der Waals surface area contributed by atoms with Crippen molar-refractivity contribution in [2.24, 2.45) is 5.92 Å². The summed E-state index contributed by atoms with van der Waals surface area (Å²) in [5, 5.41) is 6.01. The molecule has 19 heavy (non-hydrogen) atoms. The highest BCUT2D eigenvalue weighted by Gasteiger charge is 2.15. The molecule has 4 nitrogen and oxygen atoms in total. The fourth-order valence-corrected chi connectivity index (χ4v) is 2.70. The predicted molar refractivity (Wildman–Crippen MR) is 79.3 cm³/mol.